The fourth-order valence-electron chi connectivity index (χ4n) is 5.40. The minimum atomic E-state index is 0.635. The van der Waals surface area contributed by atoms with Crippen molar-refractivity contribution in [3.63, 3.8) is 0 Å². The average molecular weight is 553 g/mol. The molecule has 0 fully saturated rings. The van der Waals surface area contributed by atoms with E-state index in [2.05, 4.69) is 52.4 Å². The molecule has 0 spiro atoms. The SMILES string of the molecule is c1ccc(-c2nc(-c3ccccc3)nc(-c3ccc4[nH]c5ccc(-c6ccc(-c7cccnc7)nc6)cc5c4c3)n2)cc1. The van der Waals surface area contributed by atoms with E-state index in [1.807, 2.05) is 91.3 Å². The fourth-order valence-corrected chi connectivity index (χ4v) is 5.40. The lowest BCUT2D eigenvalue weighted by Crippen LogP contribution is -2.00. The monoisotopic (exact) mass is 552 g/mol. The largest absolute Gasteiger partial charge is 0.355 e. The number of aromatic nitrogens is 6. The Kier molecular flexibility index (Phi) is 6.01. The second-order valence-corrected chi connectivity index (χ2v) is 10.4. The molecule has 8 aromatic rings. The summed E-state index contributed by atoms with van der Waals surface area (Å²) in [6.07, 6.45) is 5.52. The predicted molar refractivity (Wildman–Crippen MR) is 172 cm³/mol. The Morgan fingerprint density at radius 2 is 0.977 bits per heavy atom. The number of nitrogens with zero attached hydrogens (tertiary/aromatic N) is 5. The van der Waals surface area contributed by atoms with E-state index in [1.165, 1.54) is 0 Å². The van der Waals surface area contributed by atoms with Crippen molar-refractivity contribution in [3.05, 3.63) is 140 Å². The lowest BCUT2D eigenvalue weighted by atomic mass is 10.0. The van der Waals surface area contributed by atoms with Gasteiger partial charge in [-0.15, -0.1) is 0 Å². The summed E-state index contributed by atoms with van der Waals surface area (Å²) in [5, 5.41) is 2.24. The first-order valence-electron chi connectivity index (χ1n) is 14.1. The molecule has 0 atom stereocenters. The zero-order valence-electron chi connectivity index (χ0n) is 23.0. The number of fused-ring (bicyclic) bond motifs is 3. The Bertz CT molecular complexity index is 2150. The first kappa shape index (κ1) is 24.8. The second-order valence-electron chi connectivity index (χ2n) is 10.4. The van der Waals surface area contributed by atoms with Crippen LogP contribution < -0.4 is 0 Å². The van der Waals surface area contributed by atoms with Crippen molar-refractivity contribution in [2.24, 2.45) is 0 Å². The number of benzene rings is 4. The molecule has 0 unspecified atom stereocenters. The molecule has 0 bridgehead atoms. The van der Waals surface area contributed by atoms with Crippen LogP contribution in [0.5, 0.6) is 0 Å². The van der Waals surface area contributed by atoms with E-state index >= 15 is 0 Å². The molecule has 0 aliphatic rings. The molecule has 8 rings (SSSR count). The van der Waals surface area contributed by atoms with Gasteiger partial charge in [0.2, 0.25) is 0 Å². The van der Waals surface area contributed by atoms with Crippen LogP contribution in [0, 0.1) is 0 Å². The maximum Gasteiger partial charge on any atom is 0.164 e. The summed E-state index contributed by atoms with van der Waals surface area (Å²) in [7, 11) is 0. The number of aromatic amines is 1. The van der Waals surface area contributed by atoms with E-state index in [4.69, 9.17) is 19.9 Å². The van der Waals surface area contributed by atoms with E-state index in [-0.39, 0.29) is 0 Å². The van der Waals surface area contributed by atoms with Crippen molar-refractivity contribution in [1.82, 2.24) is 29.9 Å². The number of hydrogen-bond donors (Lipinski definition) is 1. The number of hydrogen-bond acceptors (Lipinski definition) is 5. The van der Waals surface area contributed by atoms with Crippen LogP contribution in [-0.2, 0) is 0 Å². The van der Waals surface area contributed by atoms with E-state index in [9.17, 15) is 0 Å². The number of pyridine rings is 2. The molecule has 6 heteroatoms. The molecule has 0 saturated heterocycles. The summed E-state index contributed by atoms with van der Waals surface area (Å²) in [6, 6.07) is 41.0. The van der Waals surface area contributed by atoms with Crippen LogP contribution in [0.25, 0.3) is 78.4 Å². The normalized spacial score (nSPS) is 11.3. The van der Waals surface area contributed by atoms with E-state index in [1.54, 1.807) is 6.20 Å². The third kappa shape index (κ3) is 4.71. The van der Waals surface area contributed by atoms with Crippen LogP contribution >= 0.6 is 0 Å². The molecule has 0 aliphatic carbocycles. The highest BCUT2D eigenvalue weighted by atomic mass is 15.0. The molecule has 0 radical (unpaired) electrons. The molecule has 4 aromatic carbocycles. The smallest absolute Gasteiger partial charge is 0.164 e. The van der Waals surface area contributed by atoms with Crippen molar-refractivity contribution >= 4 is 21.8 Å². The van der Waals surface area contributed by atoms with Crippen LogP contribution in [0.2, 0.25) is 0 Å². The number of H-pyrrole nitrogens is 1. The van der Waals surface area contributed by atoms with Gasteiger partial charge in [-0.05, 0) is 54.1 Å². The van der Waals surface area contributed by atoms with Gasteiger partial charge in [-0.1, -0.05) is 72.8 Å². The van der Waals surface area contributed by atoms with Gasteiger partial charge >= 0.3 is 0 Å². The third-order valence-corrected chi connectivity index (χ3v) is 7.61. The first-order valence-corrected chi connectivity index (χ1v) is 14.1. The van der Waals surface area contributed by atoms with Crippen LogP contribution in [0.3, 0.4) is 0 Å². The molecular weight excluding hydrogens is 528 g/mol. The Morgan fingerprint density at radius 1 is 0.419 bits per heavy atom. The fraction of sp³-hybridized carbons (Fsp3) is 0. The van der Waals surface area contributed by atoms with E-state index in [0.29, 0.717) is 17.5 Å². The highest BCUT2D eigenvalue weighted by Gasteiger charge is 2.14. The lowest BCUT2D eigenvalue weighted by molar-refractivity contribution is 1.07. The average Bonchev–Trinajstić information content (AvgIpc) is 3.46. The van der Waals surface area contributed by atoms with Crippen LogP contribution in [-0.4, -0.2) is 29.9 Å². The zero-order chi connectivity index (χ0) is 28.6. The Labute approximate surface area is 247 Å². The topological polar surface area (TPSA) is 80.2 Å². The quantitative estimate of drug-likeness (QED) is 0.231. The van der Waals surface area contributed by atoms with Gasteiger partial charge < -0.3 is 4.98 Å². The van der Waals surface area contributed by atoms with Crippen molar-refractivity contribution in [2.75, 3.05) is 0 Å². The lowest BCUT2D eigenvalue weighted by Gasteiger charge is -2.08. The zero-order valence-corrected chi connectivity index (χ0v) is 23.0. The minimum Gasteiger partial charge on any atom is -0.355 e. The molecule has 4 heterocycles. The van der Waals surface area contributed by atoms with Gasteiger partial charge in [-0.3, -0.25) is 9.97 Å². The van der Waals surface area contributed by atoms with Gasteiger partial charge in [0.25, 0.3) is 0 Å². The molecule has 4 aromatic heterocycles. The molecule has 0 saturated carbocycles. The van der Waals surface area contributed by atoms with Crippen molar-refractivity contribution in [3.8, 4) is 56.5 Å². The van der Waals surface area contributed by atoms with E-state index in [0.717, 1.165) is 60.9 Å². The summed E-state index contributed by atoms with van der Waals surface area (Å²) in [4.78, 5) is 27.2. The van der Waals surface area contributed by atoms with Crippen LogP contribution in [0.1, 0.15) is 0 Å². The standard InChI is InChI=1S/C37H24N6/c1-3-8-24(9-4-1)35-41-36(25-10-5-2-6-11-25)43-37(42-35)27-14-18-34-31(21-27)30-20-26(13-17-33(30)40-34)28-15-16-32(39-23-28)29-12-7-19-38-22-29/h1-23,40H. The highest BCUT2D eigenvalue weighted by Crippen LogP contribution is 2.33. The Morgan fingerprint density at radius 3 is 1.56 bits per heavy atom. The van der Waals surface area contributed by atoms with Gasteiger partial charge in [0.15, 0.2) is 17.5 Å². The van der Waals surface area contributed by atoms with Crippen LogP contribution in [0.15, 0.2) is 140 Å². The molecule has 202 valence electrons. The molecule has 43 heavy (non-hydrogen) atoms. The van der Waals surface area contributed by atoms with Crippen molar-refractivity contribution in [2.45, 2.75) is 0 Å². The minimum absolute atomic E-state index is 0.635. The highest BCUT2D eigenvalue weighted by molar-refractivity contribution is 6.09. The van der Waals surface area contributed by atoms with Gasteiger partial charge in [0.05, 0.1) is 5.69 Å². The predicted octanol–water partition coefficient (Wildman–Crippen LogP) is 8.63. The Hall–Kier alpha value is -6.01. The number of rotatable bonds is 5. The van der Waals surface area contributed by atoms with Crippen molar-refractivity contribution in [1.29, 1.82) is 0 Å². The summed E-state index contributed by atoms with van der Waals surface area (Å²) in [5.74, 6) is 1.93. The molecule has 1 N–H and O–H groups in total. The van der Waals surface area contributed by atoms with Gasteiger partial charge in [-0.2, -0.15) is 0 Å². The third-order valence-electron chi connectivity index (χ3n) is 7.61. The molecule has 6 nitrogen and oxygen atoms in total. The Balaban J connectivity index is 1.23. The first-order chi connectivity index (χ1) is 21.3. The van der Waals surface area contributed by atoms with Gasteiger partial charge in [0.1, 0.15) is 0 Å². The van der Waals surface area contributed by atoms with E-state index < -0.39 is 0 Å². The molecule has 0 amide bonds. The molecule has 0 aliphatic heterocycles. The van der Waals surface area contributed by atoms with Crippen molar-refractivity contribution < 1.29 is 0 Å². The maximum absolute atomic E-state index is 4.92. The number of nitrogens with one attached hydrogen (secondary N) is 1. The maximum atomic E-state index is 4.92. The summed E-state index contributed by atoms with van der Waals surface area (Å²) in [6.45, 7) is 0. The summed E-state index contributed by atoms with van der Waals surface area (Å²) in [5.41, 5.74) is 9.00. The van der Waals surface area contributed by atoms with Gasteiger partial charge in [-0.25, -0.2) is 15.0 Å². The molecular formula is C37H24N6. The van der Waals surface area contributed by atoms with Crippen LogP contribution in [0.4, 0.5) is 0 Å². The van der Waals surface area contributed by atoms with Gasteiger partial charge in [0, 0.05) is 68.2 Å². The summed E-state index contributed by atoms with van der Waals surface area (Å²) >= 11 is 0. The summed E-state index contributed by atoms with van der Waals surface area (Å²) < 4.78 is 0. The second kappa shape index (κ2) is 10.4.